The number of rotatable bonds is 7. The minimum atomic E-state index is -6.19. The normalized spacial score (nSPS) is 19.3. The van der Waals surface area contributed by atoms with Crippen LogP contribution in [-0.4, -0.2) is 60.3 Å². The molecule has 1 atom stereocenters. The van der Waals surface area contributed by atoms with Gasteiger partial charge in [0, 0.05) is 25.6 Å². The predicted octanol–water partition coefficient (Wildman–Crippen LogP) is 6.20. The average Bonchev–Trinajstić information content (AvgIpc) is 3.31. The van der Waals surface area contributed by atoms with Gasteiger partial charge in [-0.2, -0.15) is 35.7 Å². The van der Waals surface area contributed by atoms with Gasteiger partial charge in [0.15, 0.2) is 5.82 Å². The van der Waals surface area contributed by atoms with Gasteiger partial charge < -0.3 is 5.11 Å². The summed E-state index contributed by atoms with van der Waals surface area (Å²) in [6.07, 6.45) is -11.4. The Bertz CT molecular complexity index is 1470. The highest BCUT2D eigenvalue weighted by Crippen LogP contribution is 2.49. The van der Waals surface area contributed by atoms with Crippen molar-refractivity contribution in [2.45, 2.75) is 50.7 Å². The van der Waals surface area contributed by atoms with Crippen LogP contribution < -0.4 is 5.01 Å². The van der Waals surface area contributed by atoms with E-state index in [0.29, 0.717) is 23.1 Å². The van der Waals surface area contributed by atoms with Gasteiger partial charge in [-0.15, -0.1) is 0 Å². The molecule has 230 valence electrons. The smallest absolute Gasteiger partial charge is 0.369 e. The van der Waals surface area contributed by atoms with E-state index < -0.39 is 63.5 Å². The summed E-state index contributed by atoms with van der Waals surface area (Å²) in [5, 5.41) is 13.9. The van der Waals surface area contributed by atoms with E-state index in [-0.39, 0.29) is 30.3 Å². The second kappa shape index (κ2) is 11.2. The molecule has 0 saturated heterocycles. The first-order chi connectivity index (χ1) is 19.3. The zero-order valence-corrected chi connectivity index (χ0v) is 23.2. The third-order valence-electron chi connectivity index (χ3n) is 7.08. The van der Waals surface area contributed by atoms with Crippen LogP contribution in [0.5, 0.6) is 0 Å². The highest BCUT2D eigenvalue weighted by Gasteiger charge is 2.74. The largest absolute Gasteiger partial charge is 0.431 e. The average molecular weight is 626 g/mol. The number of hydrazone groups is 1. The van der Waals surface area contributed by atoms with E-state index in [1.807, 2.05) is 0 Å². The van der Waals surface area contributed by atoms with Gasteiger partial charge in [0.05, 0.1) is 23.2 Å². The molecule has 2 aromatic carbocycles. The number of hydrogen-bond donors (Lipinski definition) is 1. The molecular weight excluding hydrogens is 598 g/mol. The summed E-state index contributed by atoms with van der Waals surface area (Å²) < 4.78 is 136. The number of hydrogen-bond acceptors (Lipinski definition) is 5. The van der Waals surface area contributed by atoms with Crippen LogP contribution in [0.3, 0.4) is 0 Å². The van der Waals surface area contributed by atoms with Crippen molar-refractivity contribution in [2.75, 3.05) is 23.9 Å². The number of benzene rings is 2. The summed E-state index contributed by atoms with van der Waals surface area (Å²) in [5.74, 6) is -2.37. The highest BCUT2D eigenvalue weighted by molar-refractivity contribution is 7.89. The Hall–Kier alpha value is -3.04. The number of nitrogens with zero attached hydrogens (tertiary/aromatic N) is 3. The second-order valence-corrected chi connectivity index (χ2v) is 12.6. The lowest BCUT2D eigenvalue weighted by Gasteiger charge is -2.32. The van der Waals surface area contributed by atoms with E-state index in [2.05, 4.69) is 5.10 Å². The van der Waals surface area contributed by atoms with Crippen molar-refractivity contribution in [1.82, 2.24) is 4.31 Å². The van der Waals surface area contributed by atoms with Crippen molar-refractivity contribution >= 4 is 27.0 Å². The maximum atomic E-state index is 14.7. The third kappa shape index (κ3) is 6.04. The standard InChI is InChI=1S/C27H27F8N3O3S/c1-16(2)15-42(40,41)37-11-9-18(10-12-37)17-3-5-19(6-4-17)23-14-24(25(39,26(30,31)32)27(33,34)35)36-38(23)22-8-7-20(28)13-21(22)29/h3-9,13,16,23,39H,10-12,14-15H2,1-2H3. The quantitative estimate of drug-likeness (QED) is 0.372. The van der Waals surface area contributed by atoms with E-state index in [1.54, 1.807) is 32.1 Å². The van der Waals surface area contributed by atoms with Gasteiger partial charge in [-0.3, -0.25) is 5.01 Å². The van der Waals surface area contributed by atoms with Crippen molar-refractivity contribution in [3.63, 3.8) is 0 Å². The lowest BCUT2D eigenvalue weighted by atomic mass is 9.89. The molecule has 2 heterocycles. The lowest BCUT2D eigenvalue weighted by molar-refractivity contribution is -0.338. The number of halogens is 8. The summed E-state index contributed by atoms with van der Waals surface area (Å²) >= 11 is 0. The molecule has 2 aliphatic heterocycles. The Balaban J connectivity index is 1.67. The SMILES string of the molecule is CC(C)CS(=O)(=O)N1CC=C(c2ccc(C3CC(C(O)(C(F)(F)F)C(F)(F)F)=NN3c3ccc(F)cc3F)cc2)CC1. The molecule has 0 aliphatic carbocycles. The van der Waals surface area contributed by atoms with Gasteiger partial charge in [0.2, 0.25) is 10.0 Å². The molecule has 6 nitrogen and oxygen atoms in total. The summed E-state index contributed by atoms with van der Waals surface area (Å²) in [6.45, 7) is 3.95. The zero-order valence-electron chi connectivity index (χ0n) is 22.3. The fourth-order valence-corrected chi connectivity index (χ4v) is 6.70. The third-order valence-corrected chi connectivity index (χ3v) is 9.29. The van der Waals surface area contributed by atoms with Crippen LogP contribution in [0.15, 0.2) is 53.6 Å². The highest BCUT2D eigenvalue weighted by atomic mass is 32.2. The predicted molar refractivity (Wildman–Crippen MR) is 140 cm³/mol. The van der Waals surface area contributed by atoms with E-state index in [1.165, 1.54) is 16.4 Å². The maximum Gasteiger partial charge on any atom is 0.431 e. The van der Waals surface area contributed by atoms with E-state index >= 15 is 0 Å². The molecule has 0 bridgehead atoms. The molecular formula is C27H27F8N3O3S. The minimum Gasteiger partial charge on any atom is -0.369 e. The van der Waals surface area contributed by atoms with E-state index in [4.69, 9.17) is 0 Å². The number of sulfonamides is 1. The first-order valence-corrected chi connectivity index (χ1v) is 14.4. The topological polar surface area (TPSA) is 73.2 Å². The van der Waals surface area contributed by atoms with Crippen LogP contribution in [0, 0.1) is 17.6 Å². The molecule has 2 aliphatic rings. The van der Waals surface area contributed by atoms with Crippen LogP contribution in [0.1, 0.15) is 43.9 Å². The summed E-state index contributed by atoms with van der Waals surface area (Å²) in [4.78, 5) is 0. The van der Waals surface area contributed by atoms with Gasteiger partial charge in [0.1, 0.15) is 5.82 Å². The fraction of sp³-hybridized carbons (Fsp3) is 0.444. The molecule has 0 amide bonds. The Kier molecular flexibility index (Phi) is 8.52. The molecule has 0 aromatic heterocycles. The van der Waals surface area contributed by atoms with Crippen molar-refractivity contribution in [3.8, 4) is 0 Å². The number of alkyl halides is 6. The Morgan fingerprint density at radius 2 is 1.62 bits per heavy atom. The monoisotopic (exact) mass is 625 g/mol. The van der Waals surface area contributed by atoms with Crippen molar-refractivity contribution in [2.24, 2.45) is 11.0 Å². The first-order valence-electron chi connectivity index (χ1n) is 12.8. The van der Waals surface area contributed by atoms with E-state index in [9.17, 15) is 48.6 Å². The molecule has 0 spiro atoms. The fourth-order valence-electron chi connectivity index (χ4n) is 4.98. The van der Waals surface area contributed by atoms with Gasteiger partial charge in [0.25, 0.3) is 5.60 Å². The zero-order chi connectivity index (χ0) is 31.3. The van der Waals surface area contributed by atoms with Gasteiger partial charge >= 0.3 is 12.4 Å². The van der Waals surface area contributed by atoms with E-state index in [0.717, 1.165) is 17.7 Å². The van der Waals surface area contributed by atoms with Crippen LogP contribution in [0.25, 0.3) is 5.57 Å². The maximum absolute atomic E-state index is 14.7. The molecule has 1 unspecified atom stereocenters. The van der Waals surface area contributed by atoms with Crippen LogP contribution in [-0.2, 0) is 10.0 Å². The molecule has 15 heteroatoms. The Morgan fingerprint density at radius 1 is 1.00 bits per heavy atom. The number of anilines is 1. The molecule has 42 heavy (non-hydrogen) atoms. The molecule has 4 rings (SSSR count). The molecule has 1 N–H and O–H groups in total. The van der Waals surface area contributed by atoms with Crippen LogP contribution in [0.4, 0.5) is 40.8 Å². The molecule has 0 saturated carbocycles. The summed E-state index contributed by atoms with van der Waals surface area (Å²) in [6, 6.07) is 6.51. The van der Waals surface area contributed by atoms with Crippen molar-refractivity contribution in [3.05, 3.63) is 71.3 Å². The number of aliphatic hydroxyl groups is 1. The second-order valence-electron chi connectivity index (χ2n) is 10.5. The molecule has 0 fully saturated rings. The Labute approximate surface area is 237 Å². The van der Waals surface area contributed by atoms with Crippen molar-refractivity contribution < 1.29 is 48.6 Å². The Morgan fingerprint density at radius 3 is 2.12 bits per heavy atom. The van der Waals surface area contributed by atoms with Gasteiger partial charge in [-0.1, -0.05) is 44.2 Å². The first kappa shape index (κ1) is 31.9. The van der Waals surface area contributed by atoms with Gasteiger partial charge in [-0.25, -0.2) is 17.2 Å². The summed E-state index contributed by atoms with van der Waals surface area (Å²) in [7, 11) is -3.45. The minimum absolute atomic E-state index is 0.000723. The van der Waals surface area contributed by atoms with Crippen LogP contribution in [0.2, 0.25) is 0 Å². The van der Waals surface area contributed by atoms with Crippen molar-refractivity contribution in [1.29, 1.82) is 0 Å². The van der Waals surface area contributed by atoms with Gasteiger partial charge in [-0.05, 0) is 41.2 Å². The molecule has 2 aromatic rings. The summed E-state index contributed by atoms with van der Waals surface area (Å²) in [5.41, 5.74) is -6.03. The van der Waals surface area contributed by atoms with Crippen LogP contribution >= 0.6 is 0 Å². The lowest BCUT2D eigenvalue weighted by Crippen LogP contribution is -2.62. The molecule has 0 radical (unpaired) electrons.